The van der Waals surface area contributed by atoms with Gasteiger partial charge < -0.3 is 4.57 Å². The molecule has 1 N–H and O–H groups in total. The van der Waals surface area contributed by atoms with Gasteiger partial charge in [0.1, 0.15) is 5.82 Å². The summed E-state index contributed by atoms with van der Waals surface area (Å²) < 4.78 is 29.3. The molecule has 0 aliphatic heterocycles. The molecule has 0 unspecified atom stereocenters. The molecular weight excluding hydrogens is 312 g/mol. The van der Waals surface area contributed by atoms with Crippen molar-refractivity contribution >= 4 is 26.7 Å². The van der Waals surface area contributed by atoms with Gasteiger partial charge in [-0.05, 0) is 49.4 Å². The lowest BCUT2D eigenvalue weighted by Gasteiger charge is -2.08. The fourth-order valence-electron chi connectivity index (χ4n) is 2.31. The monoisotopic (exact) mass is 326 g/mol. The summed E-state index contributed by atoms with van der Waals surface area (Å²) in [5, 5.41) is 8.77. The van der Waals surface area contributed by atoms with Crippen LogP contribution in [-0.2, 0) is 17.1 Å². The lowest BCUT2D eigenvalue weighted by molar-refractivity contribution is 0.601. The van der Waals surface area contributed by atoms with Crippen LogP contribution in [0.2, 0.25) is 0 Å². The molecule has 0 aliphatic carbocycles. The van der Waals surface area contributed by atoms with E-state index in [-0.39, 0.29) is 4.90 Å². The van der Waals surface area contributed by atoms with E-state index in [0.29, 0.717) is 11.3 Å². The topological polar surface area (TPSA) is 87.8 Å². The van der Waals surface area contributed by atoms with Gasteiger partial charge in [-0.3, -0.25) is 4.72 Å². The standard InChI is InChI=1S/C16H14N4O2S/c1-11-18-15-9-13(5-8-16(15)20(11)2)19-23(21,22)14-6-3-12(10-17)4-7-14/h3-9,19H,1-2H3. The van der Waals surface area contributed by atoms with Crippen molar-refractivity contribution in [2.45, 2.75) is 11.8 Å². The molecular formula is C16H14N4O2S. The molecule has 0 radical (unpaired) electrons. The smallest absolute Gasteiger partial charge is 0.261 e. The molecule has 0 saturated carbocycles. The number of benzene rings is 2. The fourth-order valence-corrected chi connectivity index (χ4v) is 3.36. The summed E-state index contributed by atoms with van der Waals surface area (Å²) in [6.07, 6.45) is 0. The van der Waals surface area contributed by atoms with Crippen molar-refractivity contribution < 1.29 is 8.42 Å². The highest BCUT2D eigenvalue weighted by Gasteiger charge is 2.15. The van der Waals surface area contributed by atoms with Gasteiger partial charge >= 0.3 is 0 Å². The number of hydrogen-bond donors (Lipinski definition) is 1. The van der Waals surface area contributed by atoms with Crippen LogP contribution in [-0.4, -0.2) is 18.0 Å². The Morgan fingerprint density at radius 2 is 1.87 bits per heavy atom. The number of nitriles is 1. The van der Waals surface area contributed by atoms with Crippen LogP contribution in [0, 0.1) is 18.3 Å². The maximum Gasteiger partial charge on any atom is 0.261 e. The van der Waals surface area contributed by atoms with Gasteiger partial charge in [-0.1, -0.05) is 0 Å². The summed E-state index contributed by atoms with van der Waals surface area (Å²) in [7, 11) is -1.80. The van der Waals surface area contributed by atoms with E-state index < -0.39 is 10.0 Å². The third kappa shape index (κ3) is 2.76. The molecule has 7 heteroatoms. The highest BCUT2D eigenvalue weighted by molar-refractivity contribution is 7.92. The zero-order valence-corrected chi connectivity index (χ0v) is 13.4. The number of anilines is 1. The summed E-state index contributed by atoms with van der Waals surface area (Å²) in [6.45, 7) is 1.89. The zero-order chi connectivity index (χ0) is 16.6. The summed E-state index contributed by atoms with van der Waals surface area (Å²) in [6, 6.07) is 12.9. The first kappa shape index (κ1) is 15.1. The van der Waals surface area contributed by atoms with Crippen molar-refractivity contribution in [2.24, 2.45) is 7.05 Å². The van der Waals surface area contributed by atoms with Crippen LogP contribution >= 0.6 is 0 Å². The van der Waals surface area contributed by atoms with E-state index in [4.69, 9.17) is 5.26 Å². The molecule has 1 aromatic heterocycles. The Morgan fingerprint density at radius 3 is 2.52 bits per heavy atom. The number of aromatic nitrogens is 2. The molecule has 116 valence electrons. The van der Waals surface area contributed by atoms with Crippen LogP contribution in [0.25, 0.3) is 11.0 Å². The van der Waals surface area contributed by atoms with E-state index in [0.717, 1.165) is 16.9 Å². The van der Waals surface area contributed by atoms with Gasteiger partial charge in [-0.2, -0.15) is 5.26 Å². The number of fused-ring (bicyclic) bond motifs is 1. The summed E-state index contributed by atoms with van der Waals surface area (Å²) in [4.78, 5) is 4.50. The Hall–Kier alpha value is -2.85. The second-order valence-electron chi connectivity index (χ2n) is 5.16. The average molecular weight is 326 g/mol. The number of nitrogens with zero attached hydrogens (tertiary/aromatic N) is 3. The highest BCUT2D eigenvalue weighted by Crippen LogP contribution is 2.22. The molecule has 0 spiro atoms. The summed E-state index contributed by atoms with van der Waals surface area (Å²) in [5.41, 5.74) is 2.52. The Bertz CT molecular complexity index is 1030. The van der Waals surface area contributed by atoms with Crippen LogP contribution in [0.1, 0.15) is 11.4 Å². The maximum atomic E-state index is 12.4. The van der Waals surface area contributed by atoms with Crippen LogP contribution < -0.4 is 4.72 Å². The zero-order valence-electron chi connectivity index (χ0n) is 12.6. The normalized spacial score (nSPS) is 11.3. The predicted octanol–water partition coefficient (Wildman–Crippen LogP) is 2.55. The van der Waals surface area contributed by atoms with Gasteiger partial charge in [0, 0.05) is 7.05 Å². The second kappa shape index (κ2) is 5.41. The number of rotatable bonds is 3. The van der Waals surface area contributed by atoms with Crippen molar-refractivity contribution in [2.75, 3.05) is 4.72 Å². The largest absolute Gasteiger partial charge is 0.331 e. The predicted molar refractivity (Wildman–Crippen MR) is 87.4 cm³/mol. The molecule has 0 amide bonds. The second-order valence-corrected chi connectivity index (χ2v) is 6.85. The lowest BCUT2D eigenvalue weighted by Crippen LogP contribution is -2.12. The number of nitrogens with one attached hydrogen (secondary N) is 1. The van der Waals surface area contributed by atoms with Crippen LogP contribution in [0.5, 0.6) is 0 Å². The third-order valence-electron chi connectivity index (χ3n) is 3.65. The fraction of sp³-hybridized carbons (Fsp3) is 0.125. The molecule has 0 fully saturated rings. The molecule has 0 saturated heterocycles. The van der Waals surface area contributed by atoms with Gasteiger partial charge in [0.15, 0.2) is 0 Å². The van der Waals surface area contributed by atoms with Gasteiger partial charge in [0.05, 0.1) is 33.2 Å². The molecule has 23 heavy (non-hydrogen) atoms. The van der Waals surface area contributed by atoms with Crippen molar-refractivity contribution in [1.29, 1.82) is 5.26 Å². The average Bonchev–Trinajstić information content (AvgIpc) is 2.81. The van der Waals surface area contributed by atoms with Crippen molar-refractivity contribution in [3.05, 3.63) is 53.9 Å². The maximum absolute atomic E-state index is 12.4. The summed E-state index contributed by atoms with van der Waals surface area (Å²) >= 11 is 0. The first-order valence-electron chi connectivity index (χ1n) is 6.87. The van der Waals surface area contributed by atoms with E-state index in [2.05, 4.69) is 9.71 Å². The number of sulfonamides is 1. The van der Waals surface area contributed by atoms with Gasteiger partial charge in [0.2, 0.25) is 0 Å². The van der Waals surface area contributed by atoms with E-state index in [1.165, 1.54) is 24.3 Å². The van der Waals surface area contributed by atoms with Crippen LogP contribution in [0.4, 0.5) is 5.69 Å². The van der Waals surface area contributed by atoms with Gasteiger partial charge in [-0.25, -0.2) is 13.4 Å². The quantitative estimate of drug-likeness (QED) is 0.801. The number of imidazole rings is 1. The van der Waals surface area contributed by atoms with E-state index in [9.17, 15) is 8.42 Å². The molecule has 3 aromatic rings. The first-order valence-corrected chi connectivity index (χ1v) is 8.35. The third-order valence-corrected chi connectivity index (χ3v) is 5.05. The van der Waals surface area contributed by atoms with Crippen molar-refractivity contribution in [3.8, 4) is 6.07 Å². The number of hydrogen-bond acceptors (Lipinski definition) is 4. The van der Waals surface area contributed by atoms with Crippen molar-refractivity contribution in [3.63, 3.8) is 0 Å². The summed E-state index contributed by atoms with van der Waals surface area (Å²) in [5.74, 6) is 0.854. The minimum atomic E-state index is -3.70. The van der Waals surface area contributed by atoms with Crippen LogP contribution in [0.15, 0.2) is 47.4 Å². The Balaban J connectivity index is 1.95. The Kier molecular flexibility index (Phi) is 3.54. The van der Waals surface area contributed by atoms with Gasteiger partial charge in [-0.15, -0.1) is 0 Å². The minimum absolute atomic E-state index is 0.105. The van der Waals surface area contributed by atoms with E-state index in [1.807, 2.05) is 30.7 Å². The highest BCUT2D eigenvalue weighted by atomic mass is 32.2. The molecule has 0 bridgehead atoms. The number of aryl methyl sites for hydroxylation is 2. The van der Waals surface area contributed by atoms with E-state index >= 15 is 0 Å². The molecule has 3 rings (SSSR count). The van der Waals surface area contributed by atoms with E-state index in [1.54, 1.807) is 12.1 Å². The SMILES string of the molecule is Cc1nc2cc(NS(=O)(=O)c3ccc(C#N)cc3)ccc2n1C. The molecule has 0 aliphatic rings. The Morgan fingerprint density at radius 1 is 1.17 bits per heavy atom. The lowest BCUT2D eigenvalue weighted by atomic mass is 10.2. The van der Waals surface area contributed by atoms with Crippen LogP contribution in [0.3, 0.4) is 0 Å². The molecule has 1 heterocycles. The van der Waals surface area contributed by atoms with Crippen molar-refractivity contribution in [1.82, 2.24) is 9.55 Å². The molecule has 2 aromatic carbocycles. The molecule has 6 nitrogen and oxygen atoms in total. The Labute approximate surface area is 134 Å². The molecule has 0 atom stereocenters. The van der Waals surface area contributed by atoms with Gasteiger partial charge in [0.25, 0.3) is 10.0 Å². The minimum Gasteiger partial charge on any atom is -0.331 e. The first-order chi connectivity index (χ1) is 10.9.